The highest BCUT2D eigenvalue weighted by atomic mass is 19.2. The first-order chi connectivity index (χ1) is 7.06. The molecule has 80 valence electrons. The fraction of sp³-hybridized carbons (Fsp3) is 0.111. The lowest BCUT2D eigenvalue weighted by molar-refractivity contribution is 0.388. The maximum atomic E-state index is 13.0. The lowest BCUT2D eigenvalue weighted by Crippen LogP contribution is -1.95. The van der Waals surface area contributed by atoms with Gasteiger partial charge in [-0.25, -0.2) is 17.6 Å². The molecule has 0 N–H and O–H groups in total. The van der Waals surface area contributed by atoms with Crippen molar-refractivity contribution >= 4 is 11.0 Å². The van der Waals surface area contributed by atoms with Crippen LogP contribution >= 0.6 is 0 Å². The summed E-state index contributed by atoms with van der Waals surface area (Å²) in [6.45, 7) is -1.11. The van der Waals surface area contributed by atoms with E-state index in [0.717, 1.165) is 6.07 Å². The van der Waals surface area contributed by atoms with Crippen LogP contribution in [0.25, 0.3) is 11.0 Å². The first-order valence-corrected chi connectivity index (χ1v) is 3.86. The van der Waals surface area contributed by atoms with Gasteiger partial charge in [-0.05, 0) is 6.07 Å². The van der Waals surface area contributed by atoms with Crippen molar-refractivity contribution in [3.63, 3.8) is 0 Å². The smallest absolute Gasteiger partial charge is 0.205 e. The number of alkyl halides is 1. The molecule has 0 aliphatic heterocycles. The van der Waals surface area contributed by atoms with Gasteiger partial charge in [-0.3, -0.25) is 0 Å². The fourth-order valence-electron chi connectivity index (χ4n) is 1.24. The molecule has 0 unspecified atom stereocenters. The minimum Gasteiger partial charge on any atom is -0.455 e. The van der Waals surface area contributed by atoms with Crippen LogP contribution < -0.4 is 0 Å². The second-order valence-electron chi connectivity index (χ2n) is 2.85. The molecule has 0 aliphatic rings. The zero-order valence-corrected chi connectivity index (χ0v) is 7.08. The second-order valence-corrected chi connectivity index (χ2v) is 2.85. The van der Waals surface area contributed by atoms with Gasteiger partial charge in [0.1, 0.15) is 12.4 Å². The highest BCUT2D eigenvalue weighted by molar-refractivity contribution is 5.79. The Morgan fingerprint density at radius 2 is 1.53 bits per heavy atom. The van der Waals surface area contributed by atoms with Crippen molar-refractivity contribution in [3.05, 3.63) is 35.1 Å². The minimum absolute atomic E-state index is 0.396. The minimum atomic E-state index is -1.97. The zero-order valence-electron chi connectivity index (χ0n) is 7.08. The molecule has 0 bridgehead atoms. The molecule has 1 aromatic carbocycles. The van der Waals surface area contributed by atoms with Gasteiger partial charge in [0.05, 0.1) is 5.39 Å². The first kappa shape index (κ1) is 9.95. The van der Waals surface area contributed by atoms with E-state index in [1.165, 1.54) is 0 Å². The predicted octanol–water partition coefficient (Wildman–Crippen LogP) is 3.46. The molecule has 0 spiro atoms. The van der Waals surface area contributed by atoms with Crippen molar-refractivity contribution in [3.8, 4) is 0 Å². The van der Waals surface area contributed by atoms with E-state index in [4.69, 9.17) is 0 Å². The molecule has 0 saturated carbocycles. The van der Waals surface area contributed by atoms with Crippen LogP contribution in [-0.2, 0) is 6.67 Å². The number of furan rings is 1. The van der Waals surface area contributed by atoms with Crippen LogP contribution in [0.15, 0.2) is 10.5 Å². The molecule has 2 rings (SSSR count). The highest BCUT2D eigenvalue weighted by Gasteiger charge is 2.23. The average Bonchev–Trinajstić information content (AvgIpc) is 2.67. The van der Waals surface area contributed by atoms with E-state index < -0.39 is 46.7 Å². The Morgan fingerprint density at radius 1 is 0.933 bits per heavy atom. The van der Waals surface area contributed by atoms with Crippen LogP contribution in [0.2, 0.25) is 0 Å². The Labute approximate surface area is 80.1 Å². The van der Waals surface area contributed by atoms with Crippen molar-refractivity contribution in [2.45, 2.75) is 6.67 Å². The van der Waals surface area contributed by atoms with Crippen LogP contribution in [0.3, 0.4) is 0 Å². The Bertz CT molecular complexity index is 486. The summed E-state index contributed by atoms with van der Waals surface area (Å²) in [5.74, 6) is -7.56. The van der Waals surface area contributed by atoms with Crippen molar-refractivity contribution in [2.24, 2.45) is 0 Å². The molecule has 1 aromatic heterocycles. The number of hydrogen-bond acceptors (Lipinski definition) is 1. The lowest BCUT2D eigenvalue weighted by Gasteiger charge is -1.97. The van der Waals surface area contributed by atoms with Crippen molar-refractivity contribution in [1.29, 1.82) is 0 Å². The SMILES string of the molecule is FCc1cc2c(F)c(F)c(F)c(F)c2o1. The number of hydrogen-bond donors (Lipinski definition) is 0. The summed E-state index contributed by atoms with van der Waals surface area (Å²) in [6.07, 6.45) is 0. The number of benzene rings is 1. The van der Waals surface area contributed by atoms with E-state index in [1.807, 2.05) is 0 Å². The average molecular weight is 222 g/mol. The summed E-state index contributed by atoms with van der Waals surface area (Å²) in [5, 5.41) is -0.612. The molecular formula is C9H3F5O. The van der Waals surface area contributed by atoms with Crippen LogP contribution in [0.1, 0.15) is 5.76 Å². The van der Waals surface area contributed by atoms with Gasteiger partial charge in [-0.15, -0.1) is 0 Å². The summed E-state index contributed by atoms with van der Waals surface area (Å²) < 4.78 is 68.0. The molecule has 0 radical (unpaired) electrons. The number of halogens is 5. The third kappa shape index (κ3) is 1.28. The van der Waals surface area contributed by atoms with Crippen LogP contribution in [-0.4, -0.2) is 0 Å². The normalized spacial score (nSPS) is 11.3. The molecule has 0 atom stereocenters. The maximum absolute atomic E-state index is 13.0. The van der Waals surface area contributed by atoms with Crippen LogP contribution in [0, 0.1) is 23.3 Å². The number of fused-ring (bicyclic) bond motifs is 1. The molecule has 15 heavy (non-hydrogen) atoms. The van der Waals surface area contributed by atoms with Gasteiger partial charge < -0.3 is 4.42 Å². The summed E-state index contributed by atoms with van der Waals surface area (Å²) >= 11 is 0. The quantitative estimate of drug-likeness (QED) is 0.409. The van der Waals surface area contributed by atoms with Crippen LogP contribution in [0.4, 0.5) is 22.0 Å². The van der Waals surface area contributed by atoms with Crippen molar-refractivity contribution < 1.29 is 26.4 Å². The van der Waals surface area contributed by atoms with E-state index in [-0.39, 0.29) is 0 Å². The molecule has 0 fully saturated rings. The highest BCUT2D eigenvalue weighted by Crippen LogP contribution is 2.29. The van der Waals surface area contributed by atoms with Gasteiger partial charge in [-0.2, -0.15) is 4.39 Å². The standard InChI is InChI=1S/C9H3F5O/c10-2-3-1-4-5(11)6(12)7(13)8(14)9(4)15-3/h1H,2H2. The van der Waals surface area contributed by atoms with Gasteiger partial charge in [0.15, 0.2) is 17.2 Å². The molecular weight excluding hydrogens is 219 g/mol. The third-order valence-electron chi connectivity index (χ3n) is 1.93. The topological polar surface area (TPSA) is 13.1 Å². The zero-order chi connectivity index (χ0) is 11.2. The molecule has 1 nitrogen and oxygen atoms in total. The third-order valence-corrected chi connectivity index (χ3v) is 1.93. The van der Waals surface area contributed by atoms with Gasteiger partial charge in [-0.1, -0.05) is 0 Å². The molecule has 2 aromatic rings. The van der Waals surface area contributed by atoms with Crippen molar-refractivity contribution in [1.82, 2.24) is 0 Å². The Morgan fingerprint density at radius 3 is 2.13 bits per heavy atom. The summed E-state index contributed by atoms with van der Waals surface area (Å²) in [4.78, 5) is 0. The molecule has 0 amide bonds. The Kier molecular flexibility index (Phi) is 2.13. The molecule has 0 aliphatic carbocycles. The van der Waals surface area contributed by atoms with E-state index in [2.05, 4.69) is 4.42 Å². The first-order valence-electron chi connectivity index (χ1n) is 3.86. The Balaban J connectivity index is 2.90. The van der Waals surface area contributed by atoms with Crippen LogP contribution in [0.5, 0.6) is 0 Å². The van der Waals surface area contributed by atoms with Gasteiger partial charge in [0.2, 0.25) is 11.6 Å². The fourth-order valence-corrected chi connectivity index (χ4v) is 1.24. The number of rotatable bonds is 1. The van der Waals surface area contributed by atoms with E-state index >= 15 is 0 Å². The van der Waals surface area contributed by atoms with Gasteiger partial charge >= 0.3 is 0 Å². The predicted molar refractivity (Wildman–Crippen MR) is 40.9 cm³/mol. The molecule has 0 saturated heterocycles. The van der Waals surface area contributed by atoms with Gasteiger partial charge in [0.25, 0.3) is 0 Å². The second kappa shape index (κ2) is 3.22. The summed E-state index contributed by atoms with van der Waals surface area (Å²) in [6, 6.07) is 0.788. The van der Waals surface area contributed by atoms with E-state index in [1.54, 1.807) is 0 Å². The summed E-state index contributed by atoms with van der Waals surface area (Å²) in [7, 11) is 0. The molecule has 1 heterocycles. The van der Waals surface area contributed by atoms with Crippen molar-refractivity contribution in [2.75, 3.05) is 0 Å². The Hall–Kier alpha value is -1.59. The van der Waals surface area contributed by atoms with E-state index in [0.29, 0.717) is 0 Å². The monoisotopic (exact) mass is 222 g/mol. The molecule has 6 heteroatoms. The van der Waals surface area contributed by atoms with Gasteiger partial charge in [0, 0.05) is 0 Å². The largest absolute Gasteiger partial charge is 0.455 e. The lowest BCUT2D eigenvalue weighted by atomic mass is 10.2. The maximum Gasteiger partial charge on any atom is 0.205 e. The summed E-state index contributed by atoms with van der Waals surface area (Å²) in [5.41, 5.74) is -0.820. The van der Waals surface area contributed by atoms with E-state index in [9.17, 15) is 22.0 Å².